The molecule has 0 aliphatic carbocycles. The molecule has 4 nitrogen and oxygen atoms in total. The average molecular weight is 348 g/mol. The van der Waals surface area contributed by atoms with Gasteiger partial charge in [0, 0.05) is 10.9 Å². The molecule has 0 radical (unpaired) electrons. The lowest BCUT2D eigenvalue weighted by Crippen LogP contribution is -2.34. The minimum Gasteiger partial charge on any atom is -0.462 e. The van der Waals surface area contributed by atoms with Crippen LogP contribution in [0.3, 0.4) is 0 Å². The summed E-state index contributed by atoms with van der Waals surface area (Å²) in [7, 11) is 0. The molecular formula is C17H20N2O2S2. The molecule has 0 saturated heterocycles. The lowest BCUT2D eigenvalue weighted by atomic mass is 10.1. The van der Waals surface area contributed by atoms with Crippen LogP contribution in [0.15, 0.2) is 36.4 Å². The second-order valence-corrected chi connectivity index (χ2v) is 6.65. The zero-order valence-electron chi connectivity index (χ0n) is 13.4. The number of ether oxygens (including phenoxy) is 1. The Bertz CT molecular complexity index is 681. The summed E-state index contributed by atoms with van der Waals surface area (Å²) in [5.74, 6) is -0.347. The number of hydrogen-bond acceptors (Lipinski definition) is 4. The molecule has 6 heteroatoms. The molecule has 0 saturated carbocycles. The SMILES string of the molecule is CCOC(=O)c1cc(-c2ccccc2)sc1NC(=S)NC(C)C. The Hall–Kier alpha value is -1.92. The van der Waals surface area contributed by atoms with E-state index in [1.165, 1.54) is 11.3 Å². The average Bonchev–Trinajstić information content (AvgIpc) is 2.91. The first kappa shape index (κ1) is 17.4. The highest BCUT2D eigenvalue weighted by Gasteiger charge is 2.19. The molecule has 0 fully saturated rings. The summed E-state index contributed by atoms with van der Waals surface area (Å²) in [4.78, 5) is 13.2. The van der Waals surface area contributed by atoms with E-state index in [2.05, 4.69) is 10.6 Å². The van der Waals surface area contributed by atoms with Crippen molar-refractivity contribution < 1.29 is 9.53 Å². The van der Waals surface area contributed by atoms with Gasteiger partial charge >= 0.3 is 5.97 Å². The minimum absolute atomic E-state index is 0.217. The van der Waals surface area contributed by atoms with E-state index in [4.69, 9.17) is 17.0 Å². The van der Waals surface area contributed by atoms with Crippen molar-refractivity contribution in [1.82, 2.24) is 5.32 Å². The monoisotopic (exact) mass is 348 g/mol. The Balaban J connectivity index is 2.32. The number of benzene rings is 1. The van der Waals surface area contributed by atoms with Crippen molar-refractivity contribution in [3.8, 4) is 10.4 Å². The van der Waals surface area contributed by atoms with Crippen LogP contribution >= 0.6 is 23.6 Å². The van der Waals surface area contributed by atoms with Crippen LogP contribution in [-0.4, -0.2) is 23.7 Å². The standard InChI is InChI=1S/C17H20N2O2S2/c1-4-21-16(20)13-10-14(12-8-6-5-7-9-12)23-15(13)19-17(22)18-11(2)3/h5-11H,4H2,1-3H3,(H2,18,19,22). The minimum atomic E-state index is -0.347. The van der Waals surface area contributed by atoms with Crippen molar-refractivity contribution >= 4 is 39.6 Å². The number of rotatable bonds is 5. The Morgan fingerprint density at radius 3 is 2.61 bits per heavy atom. The number of nitrogens with one attached hydrogen (secondary N) is 2. The maximum Gasteiger partial charge on any atom is 0.341 e. The number of carbonyl (C=O) groups excluding carboxylic acids is 1. The van der Waals surface area contributed by atoms with Crippen molar-refractivity contribution in [2.75, 3.05) is 11.9 Å². The van der Waals surface area contributed by atoms with Gasteiger partial charge in [-0.05, 0) is 44.6 Å². The summed E-state index contributed by atoms with van der Waals surface area (Å²) < 4.78 is 5.14. The van der Waals surface area contributed by atoms with Crippen LogP contribution in [0.4, 0.5) is 5.00 Å². The van der Waals surface area contributed by atoms with E-state index in [1.807, 2.05) is 50.2 Å². The lowest BCUT2D eigenvalue weighted by Gasteiger charge is -2.12. The molecule has 2 aromatic rings. The fourth-order valence-electron chi connectivity index (χ4n) is 1.99. The summed E-state index contributed by atoms with van der Waals surface area (Å²) in [6, 6.07) is 12.0. The topological polar surface area (TPSA) is 50.4 Å². The fourth-order valence-corrected chi connectivity index (χ4v) is 3.45. The van der Waals surface area contributed by atoms with Gasteiger partial charge in [0.05, 0.1) is 12.2 Å². The molecule has 23 heavy (non-hydrogen) atoms. The molecule has 0 amide bonds. The van der Waals surface area contributed by atoms with Gasteiger partial charge < -0.3 is 15.4 Å². The van der Waals surface area contributed by atoms with Crippen molar-refractivity contribution in [3.05, 3.63) is 42.0 Å². The normalized spacial score (nSPS) is 10.4. The second kappa shape index (κ2) is 8.08. The van der Waals surface area contributed by atoms with E-state index in [-0.39, 0.29) is 12.0 Å². The van der Waals surface area contributed by atoms with Crippen LogP contribution in [0.25, 0.3) is 10.4 Å². The van der Waals surface area contributed by atoms with Crippen molar-refractivity contribution in [1.29, 1.82) is 0 Å². The first-order valence-electron chi connectivity index (χ1n) is 7.45. The Kier molecular flexibility index (Phi) is 6.12. The Morgan fingerprint density at radius 2 is 2.00 bits per heavy atom. The molecule has 1 heterocycles. The highest BCUT2D eigenvalue weighted by Crippen LogP contribution is 2.35. The molecule has 0 aliphatic heterocycles. The number of esters is 1. The van der Waals surface area contributed by atoms with Crippen LogP contribution in [0.5, 0.6) is 0 Å². The summed E-state index contributed by atoms with van der Waals surface area (Å²) in [5.41, 5.74) is 1.56. The molecule has 0 bridgehead atoms. The van der Waals surface area contributed by atoms with Gasteiger partial charge in [-0.2, -0.15) is 0 Å². The summed E-state index contributed by atoms with van der Waals surface area (Å²) >= 11 is 6.76. The highest BCUT2D eigenvalue weighted by molar-refractivity contribution is 7.80. The molecule has 0 atom stereocenters. The highest BCUT2D eigenvalue weighted by atomic mass is 32.1. The van der Waals surface area contributed by atoms with Crippen LogP contribution in [0.1, 0.15) is 31.1 Å². The smallest absolute Gasteiger partial charge is 0.341 e. The van der Waals surface area contributed by atoms with Gasteiger partial charge in [-0.15, -0.1) is 11.3 Å². The number of anilines is 1. The molecule has 0 spiro atoms. The van der Waals surface area contributed by atoms with E-state index in [1.54, 1.807) is 6.92 Å². The van der Waals surface area contributed by atoms with Crippen LogP contribution in [-0.2, 0) is 4.74 Å². The van der Waals surface area contributed by atoms with Crippen LogP contribution in [0.2, 0.25) is 0 Å². The van der Waals surface area contributed by atoms with Crippen LogP contribution in [0, 0.1) is 0 Å². The third-order valence-electron chi connectivity index (χ3n) is 2.93. The first-order valence-corrected chi connectivity index (χ1v) is 8.67. The molecular weight excluding hydrogens is 328 g/mol. The number of thiophene rings is 1. The van der Waals surface area contributed by atoms with Crippen molar-refractivity contribution in [3.63, 3.8) is 0 Å². The predicted molar refractivity (Wildman–Crippen MR) is 100 cm³/mol. The molecule has 1 aromatic heterocycles. The lowest BCUT2D eigenvalue weighted by molar-refractivity contribution is 0.0528. The fraction of sp³-hybridized carbons (Fsp3) is 0.294. The predicted octanol–water partition coefficient (Wildman–Crippen LogP) is 4.29. The van der Waals surface area contributed by atoms with Gasteiger partial charge in [0.2, 0.25) is 0 Å². The summed E-state index contributed by atoms with van der Waals surface area (Å²) in [6.45, 7) is 6.14. The molecule has 1 aromatic carbocycles. The third-order valence-corrected chi connectivity index (χ3v) is 4.25. The molecule has 2 rings (SSSR count). The molecule has 0 unspecified atom stereocenters. The van der Waals surface area contributed by atoms with Gasteiger partial charge in [-0.25, -0.2) is 4.79 Å². The van der Waals surface area contributed by atoms with Crippen molar-refractivity contribution in [2.45, 2.75) is 26.8 Å². The summed E-state index contributed by atoms with van der Waals surface area (Å²) in [6.07, 6.45) is 0. The van der Waals surface area contributed by atoms with Crippen LogP contribution < -0.4 is 10.6 Å². The van der Waals surface area contributed by atoms with E-state index < -0.39 is 0 Å². The number of hydrogen-bond donors (Lipinski definition) is 2. The maximum absolute atomic E-state index is 12.2. The van der Waals surface area contributed by atoms with Gasteiger partial charge in [0.25, 0.3) is 0 Å². The Morgan fingerprint density at radius 1 is 1.30 bits per heavy atom. The van der Waals surface area contributed by atoms with Gasteiger partial charge in [-0.3, -0.25) is 0 Å². The Labute approximate surface area is 145 Å². The quantitative estimate of drug-likeness (QED) is 0.624. The first-order chi connectivity index (χ1) is 11.0. The van der Waals surface area contributed by atoms with E-state index >= 15 is 0 Å². The molecule has 0 aliphatic rings. The third kappa shape index (κ3) is 4.77. The van der Waals surface area contributed by atoms with Gasteiger partial charge in [-0.1, -0.05) is 30.3 Å². The zero-order chi connectivity index (χ0) is 16.8. The van der Waals surface area contributed by atoms with E-state index in [9.17, 15) is 4.79 Å². The van der Waals surface area contributed by atoms with E-state index in [0.29, 0.717) is 22.3 Å². The van der Waals surface area contributed by atoms with E-state index in [0.717, 1.165) is 10.4 Å². The number of thiocarbonyl (C=S) groups is 1. The van der Waals surface area contributed by atoms with Gasteiger partial charge in [0.1, 0.15) is 5.00 Å². The zero-order valence-corrected chi connectivity index (χ0v) is 15.0. The summed E-state index contributed by atoms with van der Waals surface area (Å²) in [5, 5.41) is 7.41. The van der Waals surface area contributed by atoms with Gasteiger partial charge in [0.15, 0.2) is 5.11 Å². The maximum atomic E-state index is 12.2. The molecule has 122 valence electrons. The number of carbonyl (C=O) groups is 1. The van der Waals surface area contributed by atoms with Crippen molar-refractivity contribution in [2.24, 2.45) is 0 Å². The second-order valence-electron chi connectivity index (χ2n) is 5.19. The molecule has 2 N–H and O–H groups in total. The largest absolute Gasteiger partial charge is 0.462 e.